The monoisotopic (exact) mass is 265 g/mol. The van der Waals surface area contributed by atoms with Crippen LogP contribution in [0.1, 0.15) is 18.9 Å². The molecule has 18 heavy (non-hydrogen) atoms. The molecule has 4 heteroatoms. The average molecular weight is 266 g/mol. The van der Waals surface area contributed by atoms with Crippen LogP contribution in [0.3, 0.4) is 0 Å². The highest BCUT2D eigenvalue weighted by atomic mass is 35.5. The van der Waals surface area contributed by atoms with Gasteiger partial charge in [-0.1, -0.05) is 24.6 Å². The zero-order valence-electron chi connectivity index (χ0n) is 10.3. The summed E-state index contributed by atoms with van der Waals surface area (Å²) in [6, 6.07) is 5.55. The fourth-order valence-electron chi connectivity index (χ4n) is 2.25. The Labute approximate surface area is 112 Å². The molecule has 3 nitrogen and oxygen atoms in total. The molecule has 96 valence electrons. The van der Waals surface area contributed by atoms with E-state index in [9.17, 15) is 4.79 Å². The Kier molecular flexibility index (Phi) is 3.92. The largest absolute Gasteiger partial charge is 0.478 e. The van der Waals surface area contributed by atoms with Gasteiger partial charge < -0.3 is 10.0 Å². The number of hydrogen-bond donors (Lipinski definition) is 1. The van der Waals surface area contributed by atoms with Gasteiger partial charge in [0.05, 0.1) is 0 Å². The summed E-state index contributed by atoms with van der Waals surface area (Å²) in [5, 5.41) is 9.38. The molecule has 0 aromatic heterocycles. The van der Waals surface area contributed by atoms with Crippen molar-refractivity contribution in [1.29, 1.82) is 0 Å². The Balaban J connectivity index is 2.31. The molecule has 0 radical (unpaired) electrons. The van der Waals surface area contributed by atoms with Crippen LogP contribution in [0.25, 0.3) is 6.08 Å². The normalized spacial score (nSPS) is 19.7. The molecule has 1 saturated heterocycles. The van der Waals surface area contributed by atoms with Gasteiger partial charge in [-0.25, -0.2) is 4.79 Å². The molecule has 0 spiro atoms. The summed E-state index contributed by atoms with van der Waals surface area (Å²) in [5.41, 5.74) is 1.92. The van der Waals surface area contributed by atoms with Crippen LogP contribution in [0.5, 0.6) is 0 Å². The van der Waals surface area contributed by atoms with Crippen LogP contribution >= 0.6 is 11.6 Å². The molecule has 1 heterocycles. The smallest absolute Gasteiger partial charge is 0.328 e. The highest BCUT2D eigenvalue weighted by Crippen LogP contribution is 2.30. The first-order chi connectivity index (χ1) is 8.56. The summed E-state index contributed by atoms with van der Waals surface area (Å²) in [6.07, 6.45) is 3.94. The lowest BCUT2D eigenvalue weighted by atomic mass is 10.1. The minimum Gasteiger partial charge on any atom is -0.478 e. The molecule has 1 unspecified atom stereocenters. The number of aliphatic carboxylic acids is 1. The van der Waals surface area contributed by atoms with Crippen molar-refractivity contribution in [3.8, 4) is 0 Å². The maximum atomic E-state index is 10.6. The van der Waals surface area contributed by atoms with Crippen LogP contribution in [-0.2, 0) is 4.79 Å². The van der Waals surface area contributed by atoms with Crippen molar-refractivity contribution >= 4 is 29.3 Å². The highest BCUT2D eigenvalue weighted by molar-refractivity contribution is 6.31. The Bertz CT molecular complexity index is 485. The van der Waals surface area contributed by atoms with E-state index >= 15 is 0 Å². The molecule has 1 fully saturated rings. The van der Waals surface area contributed by atoms with Crippen molar-refractivity contribution < 1.29 is 9.90 Å². The zero-order chi connectivity index (χ0) is 13.1. The van der Waals surface area contributed by atoms with Gasteiger partial charge in [0.2, 0.25) is 0 Å². The van der Waals surface area contributed by atoms with Gasteiger partial charge >= 0.3 is 5.97 Å². The Morgan fingerprint density at radius 1 is 1.56 bits per heavy atom. The molecule has 0 amide bonds. The molecular weight excluding hydrogens is 250 g/mol. The lowest BCUT2D eigenvalue weighted by Gasteiger charge is -2.21. The second-order valence-corrected chi connectivity index (χ2v) is 5.15. The maximum absolute atomic E-state index is 10.6. The van der Waals surface area contributed by atoms with E-state index in [4.69, 9.17) is 16.7 Å². The molecule has 1 N–H and O–H groups in total. The number of hydrogen-bond acceptors (Lipinski definition) is 2. The Hall–Kier alpha value is -1.48. The SMILES string of the molecule is CC1CCN(c2cc(Cl)ccc2/C=C/C(=O)O)C1. The van der Waals surface area contributed by atoms with Crippen molar-refractivity contribution in [3.05, 3.63) is 34.9 Å². The zero-order valence-corrected chi connectivity index (χ0v) is 11.0. The van der Waals surface area contributed by atoms with E-state index in [0.29, 0.717) is 10.9 Å². The van der Waals surface area contributed by atoms with Gasteiger partial charge in [-0.2, -0.15) is 0 Å². The second-order valence-electron chi connectivity index (χ2n) is 4.71. The quantitative estimate of drug-likeness (QED) is 0.853. The number of nitrogens with zero attached hydrogens (tertiary/aromatic N) is 1. The molecule has 2 rings (SSSR count). The van der Waals surface area contributed by atoms with E-state index in [1.54, 1.807) is 12.1 Å². The predicted molar refractivity (Wildman–Crippen MR) is 74.1 cm³/mol. The van der Waals surface area contributed by atoms with Crippen LogP contribution < -0.4 is 4.90 Å². The van der Waals surface area contributed by atoms with Gasteiger partial charge in [-0.3, -0.25) is 0 Å². The standard InChI is InChI=1S/C14H16ClNO2/c1-10-6-7-16(9-10)13-8-12(15)4-2-11(13)3-5-14(17)18/h2-5,8,10H,6-7,9H2,1H3,(H,17,18)/b5-3+. The van der Waals surface area contributed by atoms with Gasteiger partial charge in [0.15, 0.2) is 0 Å². The number of anilines is 1. The Morgan fingerprint density at radius 2 is 2.33 bits per heavy atom. The number of halogens is 1. The van der Waals surface area contributed by atoms with Crippen LogP contribution in [0.2, 0.25) is 5.02 Å². The van der Waals surface area contributed by atoms with Gasteiger partial charge in [0.1, 0.15) is 0 Å². The van der Waals surface area contributed by atoms with Crippen molar-refractivity contribution in [2.75, 3.05) is 18.0 Å². The van der Waals surface area contributed by atoms with Gasteiger partial charge in [0.25, 0.3) is 0 Å². The maximum Gasteiger partial charge on any atom is 0.328 e. The van der Waals surface area contributed by atoms with Crippen molar-refractivity contribution in [3.63, 3.8) is 0 Å². The van der Waals surface area contributed by atoms with E-state index in [1.165, 1.54) is 0 Å². The predicted octanol–water partition coefficient (Wildman–Crippen LogP) is 3.28. The van der Waals surface area contributed by atoms with Crippen molar-refractivity contribution in [2.45, 2.75) is 13.3 Å². The molecule has 0 saturated carbocycles. The lowest BCUT2D eigenvalue weighted by molar-refractivity contribution is -0.131. The molecule has 0 bridgehead atoms. The minimum atomic E-state index is -0.939. The topological polar surface area (TPSA) is 40.5 Å². The van der Waals surface area contributed by atoms with Crippen LogP contribution in [0.4, 0.5) is 5.69 Å². The summed E-state index contributed by atoms with van der Waals surface area (Å²) in [4.78, 5) is 12.9. The summed E-state index contributed by atoms with van der Waals surface area (Å²) >= 11 is 6.03. The van der Waals surface area contributed by atoms with Gasteiger partial charge in [-0.05, 0) is 36.1 Å². The molecule has 1 aromatic rings. The Morgan fingerprint density at radius 3 is 2.94 bits per heavy atom. The number of carboxylic acids is 1. The fourth-order valence-corrected chi connectivity index (χ4v) is 2.41. The molecule has 1 aromatic carbocycles. The van der Waals surface area contributed by atoms with E-state index in [-0.39, 0.29) is 0 Å². The number of carbonyl (C=O) groups is 1. The van der Waals surface area contributed by atoms with E-state index < -0.39 is 5.97 Å². The lowest BCUT2D eigenvalue weighted by Crippen LogP contribution is -2.19. The average Bonchev–Trinajstić information content (AvgIpc) is 2.74. The van der Waals surface area contributed by atoms with Crippen molar-refractivity contribution in [2.24, 2.45) is 5.92 Å². The van der Waals surface area contributed by atoms with Crippen molar-refractivity contribution in [1.82, 2.24) is 0 Å². The van der Waals surface area contributed by atoms with E-state index in [1.807, 2.05) is 12.1 Å². The third-order valence-electron chi connectivity index (χ3n) is 3.16. The fraction of sp³-hybridized carbons (Fsp3) is 0.357. The third-order valence-corrected chi connectivity index (χ3v) is 3.40. The first-order valence-corrected chi connectivity index (χ1v) is 6.39. The molecular formula is C14H16ClNO2. The van der Waals surface area contributed by atoms with Crippen LogP contribution in [0, 0.1) is 5.92 Å². The molecule has 1 aliphatic rings. The first-order valence-electron chi connectivity index (χ1n) is 6.02. The number of rotatable bonds is 3. The number of carboxylic acid groups (broad SMARTS) is 1. The minimum absolute atomic E-state index is 0.667. The van der Waals surface area contributed by atoms with Crippen LogP contribution in [-0.4, -0.2) is 24.2 Å². The van der Waals surface area contributed by atoms with Crippen LogP contribution in [0.15, 0.2) is 24.3 Å². The van der Waals surface area contributed by atoms with E-state index in [0.717, 1.165) is 36.8 Å². The molecule has 0 aliphatic carbocycles. The number of benzene rings is 1. The summed E-state index contributed by atoms with van der Waals surface area (Å²) < 4.78 is 0. The third kappa shape index (κ3) is 3.05. The van der Waals surface area contributed by atoms with E-state index in [2.05, 4.69) is 11.8 Å². The first kappa shape index (κ1) is 13.0. The summed E-state index contributed by atoms with van der Waals surface area (Å²) in [5.74, 6) is -0.272. The summed E-state index contributed by atoms with van der Waals surface area (Å²) in [6.45, 7) is 4.21. The summed E-state index contributed by atoms with van der Waals surface area (Å²) in [7, 11) is 0. The van der Waals surface area contributed by atoms with Gasteiger partial charge in [-0.15, -0.1) is 0 Å². The molecule has 1 atom stereocenters. The highest BCUT2D eigenvalue weighted by Gasteiger charge is 2.20. The molecule has 1 aliphatic heterocycles. The van der Waals surface area contributed by atoms with Gasteiger partial charge in [0, 0.05) is 29.9 Å². The second kappa shape index (κ2) is 5.44.